The van der Waals surface area contributed by atoms with Crippen LogP contribution in [0.2, 0.25) is 10.0 Å². The van der Waals surface area contributed by atoms with Gasteiger partial charge in [-0.2, -0.15) is 0 Å². The number of nitrogens with one attached hydrogen (secondary N) is 1. The number of thioether (sulfide) groups is 1. The molecular formula is C17H21Cl2N5OS. The molecule has 0 saturated heterocycles. The summed E-state index contributed by atoms with van der Waals surface area (Å²) in [5, 5.41) is 12.8. The number of hydrogen-bond acceptors (Lipinski definition) is 5. The standard InChI is InChI=1S/C17H21Cl2N5OS/c1-10-13(18)8-14(19)16(20-10)21-15(25)9-26-17-23-22-11(2)24(17)12-6-4-3-5-7-12/h8,12H,3-7,9H2,1-2H3,(H,20,21,25). The van der Waals surface area contributed by atoms with Gasteiger partial charge in [-0.05, 0) is 32.8 Å². The largest absolute Gasteiger partial charge is 0.309 e. The van der Waals surface area contributed by atoms with Crippen LogP contribution in [0, 0.1) is 13.8 Å². The van der Waals surface area contributed by atoms with Crippen molar-refractivity contribution in [2.45, 2.75) is 57.1 Å². The van der Waals surface area contributed by atoms with Gasteiger partial charge in [0.15, 0.2) is 11.0 Å². The molecule has 2 aromatic rings. The average molecular weight is 414 g/mol. The van der Waals surface area contributed by atoms with Gasteiger partial charge < -0.3 is 9.88 Å². The van der Waals surface area contributed by atoms with E-state index in [2.05, 4.69) is 25.1 Å². The molecular weight excluding hydrogens is 393 g/mol. The summed E-state index contributed by atoms with van der Waals surface area (Å²) >= 11 is 13.5. The predicted octanol–water partition coefficient (Wildman–Crippen LogP) is 4.83. The van der Waals surface area contributed by atoms with Crippen LogP contribution in [0.3, 0.4) is 0 Å². The number of aryl methyl sites for hydroxylation is 2. The molecule has 9 heteroatoms. The van der Waals surface area contributed by atoms with Crippen LogP contribution in [0.25, 0.3) is 0 Å². The third-order valence-corrected chi connectivity index (χ3v) is 6.08. The van der Waals surface area contributed by atoms with Crippen LogP contribution in [-0.2, 0) is 4.79 Å². The molecule has 0 bridgehead atoms. The van der Waals surface area contributed by atoms with Gasteiger partial charge in [0.05, 0.1) is 21.5 Å². The van der Waals surface area contributed by atoms with Crippen molar-refractivity contribution >= 4 is 46.7 Å². The highest BCUT2D eigenvalue weighted by Gasteiger charge is 2.22. The molecule has 0 spiro atoms. The molecule has 6 nitrogen and oxygen atoms in total. The Morgan fingerprint density at radius 1 is 1.23 bits per heavy atom. The van der Waals surface area contributed by atoms with Gasteiger partial charge in [0, 0.05) is 6.04 Å². The molecule has 1 fully saturated rings. The van der Waals surface area contributed by atoms with E-state index in [4.69, 9.17) is 23.2 Å². The van der Waals surface area contributed by atoms with E-state index in [9.17, 15) is 4.79 Å². The monoisotopic (exact) mass is 413 g/mol. The zero-order valence-electron chi connectivity index (χ0n) is 14.8. The lowest BCUT2D eigenvalue weighted by atomic mass is 9.95. The molecule has 2 aromatic heterocycles. The number of amides is 1. The Morgan fingerprint density at radius 3 is 2.69 bits per heavy atom. The van der Waals surface area contributed by atoms with Crippen LogP contribution in [-0.4, -0.2) is 31.4 Å². The minimum absolute atomic E-state index is 0.193. The van der Waals surface area contributed by atoms with Crippen LogP contribution < -0.4 is 5.32 Å². The maximum Gasteiger partial charge on any atom is 0.236 e. The van der Waals surface area contributed by atoms with Crippen molar-refractivity contribution in [1.82, 2.24) is 19.7 Å². The van der Waals surface area contributed by atoms with Crippen molar-refractivity contribution in [3.05, 3.63) is 27.6 Å². The molecule has 1 aliphatic carbocycles. The number of hydrogen-bond donors (Lipinski definition) is 1. The summed E-state index contributed by atoms with van der Waals surface area (Å²) in [5.41, 5.74) is 0.617. The molecule has 1 amide bonds. The molecule has 26 heavy (non-hydrogen) atoms. The van der Waals surface area contributed by atoms with Gasteiger partial charge >= 0.3 is 0 Å². The van der Waals surface area contributed by atoms with Crippen LogP contribution in [0.4, 0.5) is 5.82 Å². The smallest absolute Gasteiger partial charge is 0.236 e. The first kappa shape index (κ1) is 19.5. The Morgan fingerprint density at radius 2 is 1.96 bits per heavy atom. The van der Waals surface area contributed by atoms with Crippen molar-refractivity contribution in [3.8, 4) is 0 Å². The Balaban J connectivity index is 1.64. The molecule has 0 aliphatic heterocycles. The van der Waals surface area contributed by atoms with Gasteiger partial charge in [-0.3, -0.25) is 4.79 Å². The number of nitrogens with zero attached hydrogens (tertiary/aromatic N) is 4. The van der Waals surface area contributed by atoms with E-state index in [1.54, 1.807) is 13.0 Å². The zero-order chi connectivity index (χ0) is 18.7. The second-order valence-corrected chi connectivity index (χ2v) is 8.17. The number of carbonyl (C=O) groups excluding carboxylic acids is 1. The zero-order valence-corrected chi connectivity index (χ0v) is 17.1. The molecule has 1 N–H and O–H groups in total. The summed E-state index contributed by atoms with van der Waals surface area (Å²) in [7, 11) is 0. The van der Waals surface area contributed by atoms with E-state index in [1.807, 2.05) is 6.92 Å². The quantitative estimate of drug-likeness (QED) is 0.710. The first-order chi connectivity index (χ1) is 12.5. The van der Waals surface area contributed by atoms with Gasteiger partial charge in [-0.1, -0.05) is 54.2 Å². The first-order valence-electron chi connectivity index (χ1n) is 8.62. The Labute approximate surface area is 167 Å². The summed E-state index contributed by atoms with van der Waals surface area (Å²) in [6.07, 6.45) is 6.03. The number of pyridine rings is 1. The van der Waals surface area contributed by atoms with E-state index in [0.717, 1.165) is 23.8 Å². The lowest BCUT2D eigenvalue weighted by molar-refractivity contribution is -0.113. The van der Waals surface area contributed by atoms with Crippen molar-refractivity contribution in [1.29, 1.82) is 0 Å². The Kier molecular flexibility index (Phi) is 6.42. The number of anilines is 1. The van der Waals surface area contributed by atoms with Gasteiger partial charge in [-0.15, -0.1) is 10.2 Å². The topological polar surface area (TPSA) is 72.7 Å². The third-order valence-electron chi connectivity index (χ3n) is 4.47. The van der Waals surface area contributed by atoms with E-state index in [0.29, 0.717) is 27.6 Å². The predicted molar refractivity (Wildman–Crippen MR) is 105 cm³/mol. The van der Waals surface area contributed by atoms with Crippen LogP contribution in [0.5, 0.6) is 0 Å². The number of halogens is 2. The summed E-state index contributed by atoms with van der Waals surface area (Å²) in [6, 6.07) is 2.01. The summed E-state index contributed by atoms with van der Waals surface area (Å²) in [4.78, 5) is 16.5. The molecule has 0 radical (unpaired) electrons. The number of aromatic nitrogens is 4. The Bertz CT molecular complexity index is 805. The summed E-state index contributed by atoms with van der Waals surface area (Å²) < 4.78 is 2.18. The SMILES string of the molecule is Cc1nc(NC(=O)CSc2nnc(C)n2C2CCCCC2)c(Cl)cc1Cl. The molecule has 2 heterocycles. The molecule has 140 valence electrons. The number of carbonyl (C=O) groups is 1. The number of rotatable bonds is 5. The first-order valence-corrected chi connectivity index (χ1v) is 10.4. The fraction of sp³-hybridized carbons (Fsp3) is 0.529. The highest BCUT2D eigenvalue weighted by atomic mass is 35.5. The van der Waals surface area contributed by atoms with Gasteiger partial charge in [-0.25, -0.2) is 4.98 Å². The molecule has 1 aliphatic rings. The molecule has 1 saturated carbocycles. The lowest BCUT2D eigenvalue weighted by Gasteiger charge is -2.24. The van der Waals surface area contributed by atoms with Crippen LogP contribution >= 0.6 is 35.0 Å². The van der Waals surface area contributed by atoms with Crippen LogP contribution in [0.1, 0.15) is 49.7 Å². The molecule has 3 rings (SSSR count). The van der Waals surface area contributed by atoms with Gasteiger partial charge in [0.1, 0.15) is 5.82 Å². The van der Waals surface area contributed by atoms with Crippen molar-refractivity contribution < 1.29 is 4.79 Å². The maximum absolute atomic E-state index is 12.3. The van der Waals surface area contributed by atoms with Gasteiger partial charge in [0.2, 0.25) is 5.91 Å². The highest BCUT2D eigenvalue weighted by molar-refractivity contribution is 7.99. The fourth-order valence-corrected chi connectivity index (χ4v) is 4.41. The second-order valence-electron chi connectivity index (χ2n) is 6.41. The molecule has 0 unspecified atom stereocenters. The second kappa shape index (κ2) is 8.59. The maximum atomic E-state index is 12.3. The van der Waals surface area contributed by atoms with Crippen LogP contribution in [0.15, 0.2) is 11.2 Å². The summed E-state index contributed by atoms with van der Waals surface area (Å²) in [5.74, 6) is 1.24. The third kappa shape index (κ3) is 4.50. The molecule has 0 aromatic carbocycles. The lowest BCUT2D eigenvalue weighted by Crippen LogP contribution is -2.18. The minimum Gasteiger partial charge on any atom is -0.309 e. The van der Waals surface area contributed by atoms with Gasteiger partial charge in [0.25, 0.3) is 0 Å². The van der Waals surface area contributed by atoms with E-state index in [1.165, 1.54) is 31.0 Å². The van der Waals surface area contributed by atoms with Crippen molar-refractivity contribution in [3.63, 3.8) is 0 Å². The molecule has 0 atom stereocenters. The highest BCUT2D eigenvalue weighted by Crippen LogP contribution is 2.32. The Hall–Kier alpha value is -1.31. The normalized spacial score (nSPS) is 15.2. The van der Waals surface area contributed by atoms with E-state index < -0.39 is 0 Å². The van der Waals surface area contributed by atoms with E-state index in [-0.39, 0.29) is 11.7 Å². The van der Waals surface area contributed by atoms with E-state index >= 15 is 0 Å². The van der Waals surface area contributed by atoms with Crippen molar-refractivity contribution in [2.75, 3.05) is 11.1 Å². The van der Waals surface area contributed by atoms with Crippen molar-refractivity contribution in [2.24, 2.45) is 0 Å². The minimum atomic E-state index is -0.193. The fourth-order valence-electron chi connectivity index (χ4n) is 3.15. The summed E-state index contributed by atoms with van der Waals surface area (Å²) in [6.45, 7) is 3.73. The average Bonchev–Trinajstić information content (AvgIpc) is 2.99.